The van der Waals surface area contributed by atoms with Gasteiger partial charge in [0.05, 0.1) is 0 Å². The van der Waals surface area contributed by atoms with E-state index in [9.17, 15) is 14.4 Å². The van der Waals surface area contributed by atoms with Crippen molar-refractivity contribution in [3.05, 3.63) is 89.5 Å². The number of carbonyl (C=O) groups excluding carboxylic acids is 2. The van der Waals surface area contributed by atoms with Gasteiger partial charge in [-0.15, -0.1) is 0 Å². The lowest BCUT2D eigenvalue weighted by atomic mass is 9.98. The molecule has 1 aliphatic rings. The van der Waals surface area contributed by atoms with Gasteiger partial charge in [-0.3, -0.25) is 10.1 Å². The highest BCUT2D eigenvalue weighted by molar-refractivity contribution is 5.85. The van der Waals surface area contributed by atoms with Crippen LogP contribution in [0.5, 0.6) is 0 Å². The zero-order valence-corrected chi connectivity index (χ0v) is 19.7. The number of likely N-dealkylation sites (N-methyl/N-ethyl adjacent to an activating group) is 1. The van der Waals surface area contributed by atoms with E-state index in [-0.39, 0.29) is 24.9 Å². The normalized spacial score (nSPS) is 12.9. The van der Waals surface area contributed by atoms with Gasteiger partial charge in [0, 0.05) is 25.1 Å². The Bertz CT molecular complexity index is 1210. The van der Waals surface area contributed by atoms with Gasteiger partial charge < -0.3 is 14.7 Å². The number of amides is 2. The van der Waals surface area contributed by atoms with Crippen LogP contribution in [0.25, 0.3) is 11.1 Å². The van der Waals surface area contributed by atoms with E-state index in [1.807, 2.05) is 30.3 Å². The van der Waals surface area contributed by atoms with E-state index in [4.69, 9.17) is 9.84 Å². The summed E-state index contributed by atoms with van der Waals surface area (Å²) < 4.78 is 5.60. The fraction of sp³-hybridized carbons (Fsp3) is 0.250. The molecule has 35 heavy (non-hydrogen) atoms. The number of carboxylic acids is 1. The third-order valence-electron chi connectivity index (χ3n) is 6.48. The Kier molecular flexibility index (Phi) is 7.15. The number of fused-ring (bicyclic) bond motifs is 3. The first kappa shape index (κ1) is 24.0. The average Bonchev–Trinajstić information content (AvgIpc) is 3.19. The van der Waals surface area contributed by atoms with Crippen molar-refractivity contribution in [1.82, 2.24) is 4.90 Å². The van der Waals surface area contributed by atoms with Gasteiger partial charge in [-0.1, -0.05) is 60.7 Å². The number of aryl methyl sites for hydroxylation is 1. The second kappa shape index (κ2) is 10.4. The van der Waals surface area contributed by atoms with Crippen molar-refractivity contribution in [1.29, 1.82) is 0 Å². The fourth-order valence-corrected chi connectivity index (χ4v) is 4.37. The van der Waals surface area contributed by atoms with Crippen LogP contribution in [0.3, 0.4) is 0 Å². The number of rotatable bonds is 8. The molecule has 2 N–H and O–H groups in total. The van der Waals surface area contributed by atoms with Crippen molar-refractivity contribution in [2.24, 2.45) is 0 Å². The highest BCUT2D eigenvalue weighted by atomic mass is 16.5. The van der Waals surface area contributed by atoms with Gasteiger partial charge in [0.25, 0.3) is 0 Å². The summed E-state index contributed by atoms with van der Waals surface area (Å²) in [5, 5.41) is 11.8. The first-order valence-corrected chi connectivity index (χ1v) is 11.5. The third-order valence-corrected chi connectivity index (χ3v) is 6.48. The second-order valence-electron chi connectivity index (χ2n) is 8.67. The maximum absolute atomic E-state index is 12.5. The average molecular weight is 473 g/mol. The number of benzene rings is 3. The zero-order chi connectivity index (χ0) is 24.9. The van der Waals surface area contributed by atoms with E-state index in [2.05, 4.69) is 29.6 Å². The molecule has 4 rings (SSSR count). The predicted molar refractivity (Wildman–Crippen MR) is 133 cm³/mol. The number of hydrogen-bond acceptors (Lipinski definition) is 4. The third kappa shape index (κ3) is 5.35. The van der Waals surface area contributed by atoms with Gasteiger partial charge in [-0.25, -0.2) is 9.59 Å². The van der Waals surface area contributed by atoms with Crippen molar-refractivity contribution in [3.63, 3.8) is 0 Å². The van der Waals surface area contributed by atoms with Crippen molar-refractivity contribution >= 4 is 23.7 Å². The van der Waals surface area contributed by atoms with E-state index in [1.54, 1.807) is 18.2 Å². The molecule has 0 bridgehead atoms. The Balaban J connectivity index is 1.34. The van der Waals surface area contributed by atoms with Gasteiger partial charge in [0.15, 0.2) is 0 Å². The molecule has 7 heteroatoms. The lowest BCUT2D eigenvalue weighted by molar-refractivity contribution is -0.148. The summed E-state index contributed by atoms with van der Waals surface area (Å²) >= 11 is 0. The monoisotopic (exact) mass is 472 g/mol. The summed E-state index contributed by atoms with van der Waals surface area (Å²) in [7, 11) is 1.48. The molecule has 1 aliphatic carbocycles. The van der Waals surface area contributed by atoms with Gasteiger partial charge >= 0.3 is 12.1 Å². The summed E-state index contributed by atoms with van der Waals surface area (Å²) in [5.74, 6) is -1.32. The molecular formula is C28H28N2O5. The highest BCUT2D eigenvalue weighted by Gasteiger charge is 2.29. The molecule has 0 aromatic heterocycles. The Hall–Kier alpha value is -4.13. The van der Waals surface area contributed by atoms with E-state index in [0.717, 1.165) is 16.7 Å². The molecule has 7 nitrogen and oxygen atoms in total. The lowest BCUT2D eigenvalue weighted by Crippen LogP contribution is -2.40. The molecule has 0 spiro atoms. The van der Waals surface area contributed by atoms with Crippen molar-refractivity contribution in [2.75, 3.05) is 19.0 Å². The van der Waals surface area contributed by atoms with Gasteiger partial charge in [0.2, 0.25) is 5.91 Å². The first-order chi connectivity index (χ1) is 16.8. The smallest absolute Gasteiger partial charge is 0.411 e. The van der Waals surface area contributed by atoms with E-state index in [0.29, 0.717) is 12.1 Å². The van der Waals surface area contributed by atoms with Crippen LogP contribution in [0, 0.1) is 0 Å². The minimum Gasteiger partial charge on any atom is -0.480 e. The Morgan fingerprint density at radius 1 is 0.971 bits per heavy atom. The van der Waals surface area contributed by atoms with Crippen LogP contribution in [0.15, 0.2) is 72.8 Å². The van der Waals surface area contributed by atoms with Crippen LogP contribution in [0.1, 0.15) is 36.0 Å². The molecule has 180 valence electrons. The van der Waals surface area contributed by atoms with Crippen LogP contribution in [0.2, 0.25) is 0 Å². The first-order valence-electron chi connectivity index (χ1n) is 11.5. The SMILES string of the molecule is CC(C(=O)O)N(C)C(=O)CCc1cccc(NC(=O)OCC2c3ccccc3-c3ccccc32)c1. The molecule has 2 amide bonds. The Morgan fingerprint density at radius 3 is 2.23 bits per heavy atom. The summed E-state index contributed by atoms with van der Waals surface area (Å²) in [6.07, 6.45) is 0.0493. The molecule has 0 radical (unpaired) electrons. The van der Waals surface area contributed by atoms with Gasteiger partial charge in [-0.2, -0.15) is 0 Å². The topological polar surface area (TPSA) is 95.9 Å². The maximum Gasteiger partial charge on any atom is 0.411 e. The number of carbonyl (C=O) groups is 3. The highest BCUT2D eigenvalue weighted by Crippen LogP contribution is 2.44. The molecule has 0 fully saturated rings. The summed E-state index contributed by atoms with van der Waals surface area (Å²) in [5.41, 5.74) is 6.06. The van der Waals surface area contributed by atoms with Crippen LogP contribution in [0.4, 0.5) is 10.5 Å². The van der Waals surface area contributed by atoms with E-state index >= 15 is 0 Å². The van der Waals surface area contributed by atoms with Crippen molar-refractivity contribution < 1.29 is 24.2 Å². The Morgan fingerprint density at radius 2 is 1.60 bits per heavy atom. The summed E-state index contributed by atoms with van der Waals surface area (Å²) in [6, 6.07) is 22.6. The number of carboxylic acid groups (broad SMARTS) is 1. The van der Waals surface area contributed by atoms with Crippen molar-refractivity contribution in [2.45, 2.75) is 31.7 Å². The molecule has 0 saturated carbocycles. The molecule has 0 heterocycles. The number of hydrogen-bond donors (Lipinski definition) is 2. The van der Waals surface area contributed by atoms with Crippen LogP contribution >= 0.6 is 0 Å². The maximum atomic E-state index is 12.5. The number of ether oxygens (including phenoxy) is 1. The second-order valence-corrected chi connectivity index (χ2v) is 8.67. The molecule has 0 saturated heterocycles. The molecular weight excluding hydrogens is 444 g/mol. The zero-order valence-electron chi connectivity index (χ0n) is 19.7. The summed E-state index contributed by atoms with van der Waals surface area (Å²) in [4.78, 5) is 37.1. The van der Waals surface area contributed by atoms with Crippen LogP contribution in [-0.4, -0.2) is 47.7 Å². The van der Waals surface area contributed by atoms with Gasteiger partial charge in [-0.05, 0) is 53.3 Å². The van der Waals surface area contributed by atoms with E-state index in [1.165, 1.54) is 30.0 Å². The predicted octanol–water partition coefficient (Wildman–Crippen LogP) is 4.91. The Labute approximate surface area is 204 Å². The fourth-order valence-electron chi connectivity index (χ4n) is 4.37. The number of nitrogens with zero attached hydrogens (tertiary/aromatic N) is 1. The van der Waals surface area contributed by atoms with Crippen LogP contribution < -0.4 is 5.32 Å². The standard InChI is InChI=1S/C28H28N2O5/c1-18(27(32)33)30(2)26(31)15-14-19-8-7-9-20(16-19)29-28(34)35-17-25-23-12-5-3-10-21(23)22-11-4-6-13-24(22)25/h3-13,16,18,25H,14-15,17H2,1-2H3,(H,29,34)(H,32,33). The molecule has 0 aliphatic heterocycles. The lowest BCUT2D eigenvalue weighted by Gasteiger charge is -2.21. The van der Waals surface area contributed by atoms with E-state index < -0.39 is 18.1 Å². The van der Waals surface area contributed by atoms with Crippen molar-refractivity contribution in [3.8, 4) is 11.1 Å². The summed E-state index contributed by atoms with van der Waals surface area (Å²) in [6.45, 7) is 1.70. The molecule has 3 aromatic rings. The van der Waals surface area contributed by atoms with Gasteiger partial charge in [0.1, 0.15) is 12.6 Å². The quantitative estimate of drug-likeness (QED) is 0.486. The number of nitrogens with one attached hydrogen (secondary N) is 1. The number of anilines is 1. The molecule has 1 unspecified atom stereocenters. The van der Waals surface area contributed by atoms with Crippen LogP contribution in [-0.2, 0) is 20.7 Å². The molecule has 3 aromatic carbocycles. The minimum absolute atomic E-state index is 0.0179. The largest absolute Gasteiger partial charge is 0.480 e. The number of aliphatic carboxylic acids is 1. The molecule has 1 atom stereocenters. The minimum atomic E-state index is -1.05.